The van der Waals surface area contributed by atoms with Gasteiger partial charge in [0.1, 0.15) is 11.6 Å². The molecular weight excluding hydrogens is 373 g/mol. The lowest BCUT2D eigenvalue weighted by Crippen LogP contribution is -2.02. The molecule has 4 aromatic rings. The van der Waals surface area contributed by atoms with E-state index in [0.717, 1.165) is 50.4 Å². The smallest absolute Gasteiger partial charge is 0.130 e. The van der Waals surface area contributed by atoms with Crippen molar-refractivity contribution < 1.29 is 4.39 Å². The van der Waals surface area contributed by atoms with Gasteiger partial charge in [-0.1, -0.05) is 43.0 Å². The van der Waals surface area contributed by atoms with Crippen molar-refractivity contribution in [1.82, 2.24) is 9.97 Å². The molecule has 0 saturated heterocycles. The van der Waals surface area contributed by atoms with Gasteiger partial charge >= 0.3 is 0 Å². The van der Waals surface area contributed by atoms with Crippen LogP contribution in [0.4, 0.5) is 10.2 Å². The van der Waals surface area contributed by atoms with Crippen LogP contribution in [0.1, 0.15) is 18.4 Å². The second kappa shape index (κ2) is 7.38. The molecule has 1 aliphatic carbocycles. The number of halogens is 1. The van der Waals surface area contributed by atoms with Crippen molar-refractivity contribution in [2.75, 3.05) is 5.32 Å². The predicted octanol–water partition coefficient (Wildman–Crippen LogP) is 6.75. The minimum Gasteiger partial charge on any atom is -0.344 e. The van der Waals surface area contributed by atoms with E-state index in [2.05, 4.69) is 16.9 Å². The topological polar surface area (TPSA) is 37.8 Å². The maximum absolute atomic E-state index is 14.0. The summed E-state index contributed by atoms with van der Waals surface area (Å²) in [7, 11) is 0. The quantitative estimate of drug-likeness (QED) is 0.406. The molecule has 0 bridgehead atoms. The Hall–Kier alpha value is -3.53. The summed E-state index contributed by atoms with van der Waals surface area (Å²) in [5.41, 5.74) is 5.39. The van der Waals surface area contributed by atoms with E-state index in [-0.39, 0.29) is 5.82 Å². The minimum atomic E-state index is -0.269. The van der Waals surface area contributed by atoms with Gasteiger partial charge in [-0.15, -0.1) is 0 Å². The van der Waals surface area contributed by atoms with Crippen molar-refractivity contribution in [2.45, 2.75) is 19.8 Å². The van der Waals surface area contributed by atoms with Crippen molar-refractivity contribution in [1.29, 1.82) is 0 Å². The van der Waals surface area contributed by atoms with Gasteiger partial charge in [-0.3, -0.25) is 0 Å². The van der Waals surface area contributed by atoms with Crippen molar-refractivity contribution in [3.8, 4) is 22.5 Å². The monoisotopic (exact) mass is 395 g/mol. The zero-order valence-corrected chi connectivity index (χ0v) is 16.8. The fourth-order valence-electron chi connectivity index (χ4n) is 3.74. The van der Waals surface area contributed by atoms with E-state index in [1.807, 2.05) is 55.6 Å². The van der Waals surface area contributed by atoms with Crippen molar-refractivity contribution in [3.05, 3.63) is 90.5 Å². The highest BCUT2D eigenvalue weighted by Gasteiger charge is 2.25. The fraction of sp³-hybridized carbons (Fsp3) is 0.154. The summed E-state index contributed by atoms with van der Waals surface area (Å²) < 4.78 is 14.0. The average molecular weight is 395 g/mol. The van der Waals surface area contributed by atoms with Crippen LogP contribution >= 0.6 is 0 Å². The van der Waals surface area contributed by atoms with Crippen LogP contribution in [0.25, 0.3) is 33.3 Å². The molecular formula is C26H22FN3. The number of benzene rings is 2. The Morgan fingerprint density at radius 3 is 2.63 bits per heavy atom. The Labute approximate surface area is 175 Å². The zero-order chi connectivity index (χ0) is 20.7. The highest BCUT2D eigenvalue weighted by molar-refractivity contribution is 5.98. The summed E-state index contributed by atoms with van der Waals surface area (Å²) in [6, 6.07) is 18.9. The van der Waals surface area contributed by atoms with Gasteiger partial charge in [0.05, 0.1) is 11.4 Å². The molecule has 4 heteroatoms. The number of nitrogens with zero attached hydrogens (tertiary/aromatic N) is 2. The van der Waals surface area contributed by atoms with Gasteiger partial charge in [-0.25, -0.2) is 14.4 Å². The largest absolute Gasteiger partial charge is 0.344 e. The number of pyridine rings is 2. The van der Waals surface area contributed by atoms with Crippen molar-refractivity contribution in [3.63, 3.8) is 0 Å². The molecule has 0 unspecified atom stereocenters. The molecule has 0 amide bonds. The number of rotatable bonds is 5. The number of aromatic nitrogens is 2. The third-order valence-corrected chi connectivity index (χ3v) is 5.60. The number of aryl methyl sites for hydroxylation is 1. The van der Waals surface area contributed by atoms with Gasteiger partial charge < -0.3 is 5.32 Å². The Balaban J connectivity index is 1.69. The average Bonchev–Trinajstić information content (AvgIpc) is 3.61. The molecule has 0 radical (unpaired) electrons. The molecule has 1 aliphatic rings. The van der Waals surface area contributed by atoms with Crippen LogP contribution in [0.15, 0.2) is 79.1 Å². The normalized spacial score (nSPS) is 13.4. The van der Waals surface area contributed by atoms with Crippen LogP contribution in [0.2, 0.25) is 0 Å². The molecule has 3 nitrogen and oxygen atoms in total. The number of nitrogens with one attached hydrogen (secondary N) is 1. The van der Waals surface area contributed by atoms with Gasteiger partial charge in [0.2, 0.25) is 0 Å². The third kappa shape index (κ3) is 3.57. The lowest BCUT2D eigenvalue weighted by atomic mass is 10.00. The summed E-state index contributed by atoms with van der Waals surface area (Å²) in [5, 5.41) is 5.32. The summed E-state index contributed by atoms with van der Waals surface area (Å²) in [4.78, 5) is 9.56. The van der Waals surface area contributed by atoms with Crippen LogP contribution in [0.5, 0.6) is 0 Å². The first-order valence-electron chi connectivity index (χ1n) is 10.2. The van der Waals surface area contributed by atoms with Gasteiger partial charge in [-0.05, 0) is 55.5 Å². The summed E-state index contributed by atoms with van der Waals surface area (Å²) >= 11 is 0. The van der Waals surface area contributed by atoms with E-state index < -0.39 is 0 Å². The SMILES string of the molecule is C=C(Nc1cc2c(-c3ccccc3)nc(-c3cc(F)ccc3C)cc2cn1)C1CC1. The zero-order valence-electron chi connectivity index (χ0n) is 16.8. The van der Waals surface area contributed by atoms with E-state index >= 15 is 0 Å². The first kappa shape index (κ1) is 18.5. The third-order valence-electron chi connectivity index (χ3n) is 5.60. The van der Waals surface area contributed by atoms with E-state index in [1.165, 1.54) is 18.9 Å². The maximum Gasteiger partial charge on any atom is 0.130 e. The first-order valence-corrected chi connectivity index (χ1v) is 10.2. The Morgan fingerprint density at radius 2 is 1.87 bits per heavy atom. The Morgan fingerprint density at radius 1 is 1.07 bits per heavy atom. The summed E-state index contributed by atoms with van der Waals surface area (Å²) in [5.74, 6) is 1.05. The number of allylic oxidation sites excluding steroid dienone is 1. The molecule has 1 saturated carbocycles. The van der Waals surface area contributed by atoms with Crippen LogP contribution in [-0.2, 0) is 0 Å². The summed E-state index contributed by atoms with van der Waals surface area (Å²) in [6.45, 7) is 6.11. The molecule has 2 aromatic carbocycles. The molecule has 0 atom stereocenters. The minimum absolute atomic E-state index is 0.269. The molecule has 30 heavy (non-hydrogen) atoms. The lowest BCUT2D eigenvalue weighted by molar-refractivity contribution is 0.628. The van der Waals surface area contributed by atoms with Crippen molar-refractivity contribution in [2.24, 2.45) is 5.92 Å². The predicted molar refractivity (Wildman–Crippen MR) is 121 cm³/mol. The molecule has 1 fully saturated rings. The standard InChI is InChI=1S/C26H22FN3/c1-16-8-11-21(27)13-22(16)24-12-20-15-28-25(29-17(2)18-9-10-18)14-23(20)26(30-24)19-6-4-3-5-7-19/h3-8,11-15,18H,2,9-10H2,1H3,(H,28,29). The molecule has 0 aliphatic heterocycles. The number of hydrogen-bond acceptors (Lipinski definition) is 3. The maximum atomic E-state index is 14.0. The highest BCUT2D eigenvalue weighted by Crippen LogP contribution is 2.37. The number of fused-ring (bicyclic) bond motifs is 1. The van der Waals surface area contributed by atoms with Crippen molar-refractivity contribution >= 4 is 16.6 Å². The van der Waals surface area contributed by atoms with Gasteiger partial charge in [-0.2, -0.15) is 0 Å². The van der Waals surface area contributed by atoms with E-state index in [9.17, 15) is 4.39 Å². The van der Waals surface area contributed by atoms with Crippen LogP contribution < -0.4 is 5.32 Å². The van der Waals surface area contributed by atoms with Gasteiger partial charge in [0.25, 0.3) is 0 Å². The molecule has 1 N–H and O–H groups in total. The number of anilines is 1. The van der Waals surface area contributed by atoms with Gasteiger partial charge in [0.15, 0.2) is 0 Å². The lowest BCUT2D eigenvalue weighted by Gasteiger charge is -2.14. The first-order chi connectivity index (χ1) is 14.6. The van der Waals surface area contributed by atoms with E-state index in [4.69, 9.17) is 4.98 Å². The second-order valence-corrected chi connectivity index (χ2v) is 7.90. The fourth-order valence-corrected chi connectivity index (χ4v) is 3.74. The highest BCUT2D eigenvalue weighted by atomic mass is 19.1. The van der Waals surface area contributed by atoms with E-state index in [0.29, 0.717) is 5.92 Å². The molecule has 5 rings (SSSR count). The Kier molecular flexibility index (Phi) is 4.55. The molecule has 0 spiro atoms. The summed E-state index contributed by atoms with van der Waals surface area (Å²) in [6.07, 6.45) is 4.23. The number of hydrogen-bond donors (Lipinski definition) is 1. The van der Waals surface area contributed by atoms with Gasteiger partial charge in [0, 0.05) is 33.8 Å². The molecule has 2 heterocycles. The molecule has 148 valence electrons. The molecule has 2 aromatic heterocycles. The van der Waals surface area contributed by atoms with E-state index in [1.54, 1.807) is 12.1 Å². The van der Waals surface area contributed by atoms with Crippen LogP contribution in [-0.4, -0.2) is 9.97 Å². The van der Waals surface area contributed by atoms with Crippen LogP contribution in [0, 0.1) is 18.7 Å². The second-order valence-electron chi connectivity index (χ2n) is 7.90. The van der Waals surface area contributed by atoms with Crippen LogP contribution in [0.3, 0.4) is 0 Å². The Bertz CT molecular complexity index is 1260.